The van der Waals surface area contributed by atoms with Crippen molar-refractivity contribution in [2.24, 2.45) is 7.05 Å². The fourth-order valence-corrected chi connectivity index (χ4v) is 5.01. The highest BCUT2D eigenvalue weighted by atomic mass is 19.1. The van der Waals surface area contributed by atoms with Crippen LogP contribution < -0.4 is 21.8 Å². The predicted molar refractivity (Wildman–Crippen MR) is 167 cm³/mol. The highest BCUT2D eigenvalue weighted by Crippen LogP contribution is 2.31. The van der Waals surface area contributed by atoms with Crippen molar-refractivity contribution in [3.05, 3.63) is 110 Å². The lowest BCUT2D eigenvalue weighted by molar-refractivity contribution is 0.282. The Bertz CT molecular complexity index is 1920. The Morgan fingerprint density at radius 3 is 2.49 bits per heavy atom. The Morgan fingerprint density at radius 2 is 1.81 bits per heavy atom. The summed E-state index contributed by atoms with van der Waals surface area (Å²) in [5.74, 6) is -0.114. The molecule has 3 aromatic heterocycles. The summed E-state index contributed by atoms with van der Waals surface area (Å²) in [7, 11) is 1.64. The third-order valence-corrected chi connectivity index (χ3v) is 7.40. The number of nitrogens with zero attached hydrogens (tertiary/aromatic N) is 4. The van der Waals surface area contributed by atoms with Crippen LogP contribution in [0.3, 0.4) is 0 Å². The summed E-state index contributed by atoms with van der Waals surface area (Å²) in [5, 5.41) is 21.6. The van der Waals surface area contributed by atoms with Gasteiger partial charge in [0, 0.05) is 42.5 Å². The molecule has 0 aliphatic rings. The van der Waals surface area contributed by atoms with Crippen molar-refractivity contribution in [3.63, 3.8) is 0 Å². The van der Waals surface area contributed by atoms with Crippen LogP contribution in [-0.4, -0.2) is 31.0 Å². The molecule has 0 amide bonds. The SMILES string of the molecule is CCNCc1ccc(Nc2cc(-c3cccc(-n4ncc5cc(C(C)(C)C)cc(F)c5c4=O)c3CO)cn(C)c2=O)nc1. The second-order valence-corrected chi connectivity index (χ2v) is 11.5. The first-order valence-electron chi connectivity index (χ1n) is 14.1. The standard InChI is InChI=1S/C33H35FN6O3/c1-6-35-15-20-10-11-29(36-16-20)38-27-13-22(18-39(5)31(27)42)24-8-7-9-28(25(24)19-41)40-32(43)30-21(17-37-40)12-23(14-26(30)34)33(2,3)4/h7-14,16-18,35,41H,6,15,19H2,1-5H3,(H,36,38). The van der Waals surface area contributed by atoms with Crippen molar-refractivity contribution in [2.75, 3.05) is 11.9 Å². The second kappa shape index (κ2) is 11.9. The molecule has 0 spiro atoms. The number of hydrogen-bond acceptors (Lipinski definition) is 7. The number of anilines is 2. The van der Waals surface area contributed by atoms with Gasteiger partial charge in [-0.25, -0.2) is 9.37 Å². The average molecular weight is 583 g/mol. The topological polar surface area (TPSA) is 114 Å². The monoisotopic (exact) mass is 582 g/mol. The first kappa shape index (κ1) is 29.8. The lowest BCUT2D eigenvalue weighted by Gasteiger charge is -2.20. The van der Waals surface area contributed by atoms with Crippen LogP contribution in [0.5, 0.6) is 0 Å². The fraction of sp³-hybridized carbons (Fsp3) is 0.273. The van der Waals surface area contributed by atoms with Gasteiger partial charge in [0.25, 0.3) is 11.1 Å². The summed E-state index contributed by atoms with van der Waals surface area (Å²) < 4.78 is 17.9. The molecular weight excluding hydrogens is 547 g/mol. The Morgan fingerprint density at radius 1 is 1.02 bits per heavy atom. The van der Waals surface area contributed by atoms with Crippen LogP contribution in [0.1, 0.15) is 44.4 Å². The normalized spacial score (nSPS) is 11.7. The summed E-state index contributed by atoms with van der Waals surface area (Å²) in [4.78, 5) is 31.0. The maximum absolute atomic E-state index is 15.3. The maximum Gasteiger partial charge on any atom is 0.282 e. The van der Waals surface area contributed by atoms with E-state index >= 15 is 4.39 Å². The molecule has 2 aromatic carbocycles. The average Bonchev–Trinajstić information content (AvgIpc) is 2.98. The highest BCUT2D eigenvalue weighted by molar-refractivity contribution is 5.83. The molecule has 5 rings (SSSR count). The number of benzene rings is 2. The van der Waals surface area contributed by atoms with Gasteiger partial charge in [0.05, 0.1) is 23.9 Å². The van der Waals surface area contributed by atoms with E-state index < -0.39 is 18.0 Å². The molecule has 0 aliphatic carbocycles. The van der Waals surface area contributed by atoms with Crippen molar-refractivity contribution in [3.8, 4) is 16.8 Å². The lowest BCUT2D eigenvalue weighted by atomic mass is 9.86. The quantitative estimate of drug-likeness (QED) is 0.238. The summed E-state index contributed by atoms with van der Waals surface area (Å²) in [6.07, 6.45) is 4.87. The van der Waals surface area contributed by atoms with E-state index in [2.05, 4.69) is 20.7 Å². The molecule has 3 N–H and O–H groups in total. The minimum absolute atomic E-state index is 0.0742. The molecule has 9 nitrogen and oxygen atoms in total. The molecule has 0 unspecified atom stereocenters. The number of nitrogens with one attached hydrogen (secondary N) is 2. The summed E-state index contributed by atoms with van der Waals surface area (Å²) >= 11 is 0. The lowest BCUT2D eigenvalue weighted by Crippen LogP contribution is -2.24. The van der Waals surface area contributed by atoms with Gasteiger partial charge in [-0.15, -0.1) is 0 Å². The van der Waals surface area contributed by atoms with Crippen LogP contribution in [0.4, 0.5) is 15.9 Å². The van der Waals surface area contributed by atoms with E-state index in [-0.39, 0.29) is 16.4 Å². The number of hydrogen-bond donors (Lipinski definition) is 3. The predicted octanol–water partition coefficient (Wildman–Crippen LogP) is 4.93. The first-order valence-corrected chi connectivity index (χ1v) is 14.1. The molecule has 43 heavy (non-hydrogen) atoms. The van der Waals surface area contributed by atoms with E-state index in [0.717, 1.165) is 22.4 Å². The zero-order valence-electron chi connectivity index (χ0n) is 24.9. The van der Waals surface area contributed by atoms with Crippen molar-refractivity contribution in [2.45, 2.75) is 46.3 Å². The van der Waals surface area contributed by atoms with Gasteiger partial charge < -0.3 is 20.3 Å². The molecule has 0 atom stereocenters. The Kier molecular flexibility index (Phi) is 8.25. The van der Waals surface area contributed by atoms with Crippen molar-refractivity contribution in [1.29, 1.82) is 0 Å². The second-order valence-electron chi connectivity index (χ2n) is 11.5. The number of pyridine rings is 2. The molecule has 0 saturated heterocycles. The molecule has 3 heterocycles. The van der Waals surface area contributed by atoms with E-state index in [4.69, 9.17) is 0 Å². The molecule has 0 fully saturated rings. The maximum atomic E-state index is 15.3. The summed E-state index contributed by atoms with van der Waals surface area (Å²) in [6, 6.07) is 13.8. The van der Waals surface area contributed by atoms with Crippen LogP contribution >= 0.6 is 0 Å². The summed E-state index contributed by atoms with van der Waals surface area (Å²) in [5.41, 5.74) is 2.79. The molecule has 222 valence electrons. The summed E-state index contributed by atoms with van der Waals surface area (Å²) in [6.45, 7) is 9.06. The van der Waals surface area contributed by atoms with Gasteiger partial charge in [0.2, 0.25) is 0 Å². The van der Waals surface area contributed by atoms with Gasteiger partial charge in [0.1, 0.15) is 17.3 Å². The third-order valence-electron chi connectivity index (χ3n) is 7.40. The molecule has 0 aliphatic heterocycles. The minimum atomic E-state index is -0.631. The van der Waals surface area contributed by atoms with Crippen LogP contribution in [0.2, 0.25) is 0 Å². The molecule has 0 saturated carbocycles. The van der Waals surface area contributed by atoms with E-state index in [1.165, 1.54) is 16.8 Å². The van der Waals surface area contributed by atoms with Crippen molar-refractivity contribution < 1.29 is 9.50 Å². The zero-order valence-corrected chi connectivity index (χ0v) is 24.9. The van der Waals surface area contributed by atoms with Crippen molar-refractivity contribution in [1.82, 2.24) is 24.6 Å². The number of halogens is 1. The third kappa shape index (κ3) is 5.97. The van der Waals surface area contributed by atoms with E-state index in [1.807, 2.05) is 33.8 Å². The molecule has 5 aromatic rings. The minimum Gasteiger partial charge on any atom is -0.392 e. The van der Waals surface area contributed by atoms with Crippen molar-refractivity contribution >= 4 is 22.3 Å². The number of aliphatic hydroxyl groups excluding tert-OH is 1. The highest BCUT2D eigenvalue weighted by Gasteiger charge is 2.21. The van der Waals surface area contributed by atoms with E-state index in [9.17, 15) is 14.7 Å². The zero-order chi connectivity index (χ0) is 30.9. The van der Waals surface area contributed by atoms with E-state index in [1.54, 1.807) is 55.8 Å². The van der Waals surface area contributed by atoms with E-state index in [0.29, 0.717) is 45.8 Å². The fourth-order valence-electron chi connectivity index (χ4n) is 5.01. The van der Waals surface area contributed by atoms with Crippen LogP contribution in [0.25, 0.3) is 27.6 Å². The molecule has 10 heteroatoms. The van der Waals surface area contributed by atoms with Crippen LogP contribution in [0.15, 0.2) is 76.7 Å². The number of aromatic nitrogens is 4. The number of aryl methyl sites for hydroxylation is 1. The number of rotatable bonds is 8. The van der Waals surface area contributed by atoms with Gasteiger partial charge in [0.15, 0.2) is 0 Å². The Labute approximate surface area is 248 Å². The Balaban J connectivity index is 1.58. The van der Waals surface area contributed by atoms with Crippen LogP contribution in [0, 0.1) is 5.82 Å². The largest absolute Gasteiger partial charge is 0.392 e. The van der Waals surface area contributed by atoms with Gasteiger partial charge >= 0.3 is 0 Å². The Hall–Kier alpha value is -4.67. The molecular formula is C33H35FN6O3. The number of fused-ring (bicyclic) bond motifs is 1. The van der Waals surface area contributed by atoms with Gasteiger partial charge in [-0.05, 0) is 59.0 Å². The first-order chi connectivity index (χ1) is 20.5. The van der Waals surface area contributed by atoms with Gasteiger partial charge in [-0.2, -0.15) is 9.78 Å². The molecule has 0 bridgehead atoms. The molecule has 0 radical (unpaired) electrons. The number of aliphatic hydroxyl groups is 1. The van der Waals surface area contributed by atoms with Gasteiger partial charge in [-0.1, -0.05) is 45.9 Å². The van der Waals surface area contributed by atoms with Gasteiger partial charge in [-0.3, -0.25) is 9.59 Å². The van der Waals surface area contributed by atoms with Crippen LogP contribution in [-0.2, 0) is 25.6 Å². The smallest absolute Gasteiger partial charge is 0.282 e.